The van der Waals surface area contributed by atoms with Crippen LogP contribution >= 0.6 is 23.6 Å². The fourth-order valence-electron chi connectivity index (χ4n) is 2.87. The highest BCUT2D eigenvalue weighted by molar-refractivity contribution is 7.71. The van der Waals surface area contributed by atoms with Gasteiger partial charge in [-0.25, -0.2) is 0 Å². The number of nitrogens with zero attached hydrogens (tertiary/aromatic N) is 2. The van der Waals surface area contributed by atoms with E-state index in [0.717, 1.165) is 29.7 Å². The standard InChI is InChI=1S/C13H17N3OS2/c1-2-15-6-3-4-9(15)8-16-12(17)11-10(5-7-19-11)14-13(16)18/h5,7,9H,2-4,6,8H2,1H3,(H,14,18). The second-order valence-corrected chi connectivity index (χ2v) is 6.24. The van der Waals surface area contributed by atoms with E-state index >= 15 is 0 Å². The van der Waals surface area contributed by atoms with E-state index in [4.69, 9.17) is 12.2 Å². The summed E-state index contributed by atoms with van der Waals surface area (Å²) in [6, 6.07) is 2.35. The van der Waals surface area contributed by atoms with E-state index in [1.165, 1.54) is 17.8 Å². The monoisotopic (exact) mass is 295 g/mol. The topological polar surface area (TPSA) is 41.0 Å². The summed E-state index contributed by atoms with van der Waals surface area (Å²) in [4.78, 5) is 18.0. The van der Waals surface area contributed by atoms with Crippen molar-refractivity contribution in [2.24, 2.45) is 0 Å². The van der Waals surface area contributed by atoms with Gasteiger partial charge in [-0.05, 0) is 49.6 Å². The maximum atomic E-state index is 12.5. The number of hydrogen-bond donors (Lipinski definition) is 1. The molecule has 6 heteroatoms. The Morgan fingerprint density at radius 2 is 2.42 bits per heavy atom. The molecule has 1 fully saturated rings. The molecule has 1 aliphatic heterocycles. The Morgan fingerprint density at radius 1 is 1.58 bits per heavy atom. The largest absolute Gasteiger partial charge is 0.331 e. The SMILES string of the molecule is CCN1CCCC1Cn1c(=S)[nH]c2ccsc2c1=O. The van der Waals surface area contributed by atoms with Crippen LogP contribution in [-0.2, 0) is 6.54 Å². The molecule has 0 radical (unpaired) electrons. The number of H-pyrrole nitrogens is 1. The Morgan fingerprint density at radius 3 is 3.21 bits per heavy atom. The lowest BCUT2D eigenvalue weighted by Crippen LogP contribution is -2.36. The summed E-state index contributed by atoms with van der Waals surface area (Å²) in [5.41, 5.74) is 0.909. The van der Waals surface area contributed by atoms with E-state index in [-0.39, 0.29) is 5.56 Å². The van der Waals surface area contributed by atoms with Gasteiger partial charge < -0.3 is 4.98 Å². The molecule has 0 spiro atoms. The van der Waals surface area contributed by atoms with Gasteiger partial charge in [-0.3, -0.25) is 14.3 Å². The molecule has 0 aromatic carbocycles. The summed E-state index contributed by atoms with van der Waals surface area (Å²) in [5, 5.41) is 1.93. The molecule has 19 heavy (non-hydrogen) atoms. The highest BCUT2D eigenvalue weighted by Crippen LogP contribution is 2.19. The van der Waals surface area contributed by atoms with Gasteiger partial charge in [0.1, 0.15) is 4.70 Å². The first-order chi connectivity index (χ1) is 9.20. The fourth-order valence-corrected chi connectivity index (χ4v) is 3.93. The van der Waals surface area contributed by atoms with Crippen molar-refractivity contribution in [2.45, 2.75) is 32.4 Å². The molecule has 1 atom stereocenters. The van der Waals surface area contributed by atoms with Crippen LogP contribution in [0.2, 0.25) is 0 Å². The molecule has 102 valence electrons. The van der Waals surface area contributed by atoms with Crippen LogP contribution in [0.5, 0.6) is 0 Å². The van der Waals surface area contributed by atoms with Gasteiger partial charge in [0.25, 0.3) is 5.56 Å². The first-order valence-electron chi connectivity index (χ1n) is 6.65. The average molecular weight is 295 g/mol. The lowest BCUT2D eigenvalue weighted by Gasteiger charge is -2.23. The van der Waals surface area contributed by atoms with Gasteiger partial charge in [0.15, 0.2) is 4.77 Å². The fraction of sp³-hybridized carbons (Fsp3) is 0.538. The third-order valence-electron chi connectivity index (χ3n) is 3.89. The summed E-state index contributed by atoms with van der Waals surface area (Å²) in [6.45, 7) is 5.05. The number of nitrogens with one attached hydrogen (secondary N) is 1. The lowest BCUT2D eigenvalue weighted by atomic mass is 10.2. The highest BCUT2D eigenvalue weighted by Gasteiger charge is 2.24. The Hall–Kier alpha value is -0.980. The third-order valence-corrected chi connectivity index (χ3v) is 5.11. The van der Waals surface area contributed by atoms with E-state index in [1.54, 1.807) is 4.57 Å². The van der Waals surface area contributed by atoms with Crippen molar-refractivity contribution >= 4 is 33.8 Å². The maximum Gasteiger partial charge on any atom is 0.272 e. The molecule has 1 saturated heterocycles. The van der Waals surface area contributed by atoms with Crippen LogP contribution in [0.4, 0.5) is 0 Å². The van der Waals surface area contributed by atoms with E-state index in [9.17, 15) is 4.79 Å². The molecule has 1 aliphatic rings. The quantitative estimate of drug-likeness (QED) is 0.885. The minimum absolute atomic E-state index is 0.0525. The molecular weight excluding hydrogens is 278 g/mol. The van der Waals surface area contributed by atoms with Crippen LogP contribution in [0.1, 0.15) is 19.8 Å². The van der Waals surface area contributed by atoms with Crippen molar-refractivity contribution in [3.63, 3.8) is 0 Å². The predicted octanol–water partition coefficient (Wildman–Crippen LogP) is 2.60. The van der Waals surface area contributed by atoms with Crippen LogP contribution in [0, 0.1) is 4.77 Å². The maximum absolute atomic E-state index is 12.5. The molecule has 0 amide bonds. The molecule has 0 aliphatic carbocycles. The number of fused-ring (bicyclic) bond motifs is 1. The Bertz CT molecular complexity index is 700. The number of rotatable bonds is 3. The van der Waals surface area contributed by atoms with Crippen LogP contribution in [0.15, 0.2) is 16.2 Å². The van der Waals surface area contributed by atoms with Crippen LogP contribution in [0.3, 0.4) is 0 Å². The van der Waals surface area contributed by atoms with Crippen LogP contribution < -0.4 is 5.56 Å². The third kappa shape index (κ3) is 2.28. The van der Waals surface area contributed by atoms with Crippen molar-refractivity contribution in [1.29, 1.82) is 0 Å². The molecule has 0 bridgehead atoms. The van der Waals surface area contributed by atoms with E-state index in [2.05, 4.69) is 16.8 Å². The van der Waals surface area contributed by atoms with Gasteiger partial charge in [-0.15, -0.1) is 11.3 Å². The molecular formula is C13H17N3OS2. The summed E-state index contributed by atoms with van der Waals surface area (Å²) < 4.78 is 3.04. The molecule has 4 nitrogen and oxygen atoms in total. The normalized spacial score (nSPS) is 20.4. The zero-order valence-corrected chi connectivity index (χ0v) is 12.5. The highest BCUT2D eigenvalue weighted by atomic mass is 32.1. The molecule has 2 aromatic heterocycles. The van der Waals surface area contributed by atoms with Gasteiger partial charge in [-0.2, -0.15) is 0 Å². The molecule has 3 heterocycles. The van der Waals surface area contributed by atoms with Crippen molar-refractivity contribution in [3.05, 3.63) is 26.6 Å². The van der Waals surface area contributed by atoms with Crippen molar-refractivity contribution in [3.8, 4) is 0 Å². The zero-order chi connectivity index (χ0) is 13.4. The van der Waals surface area contributed by atoms with Gasteiger partial charge >= 0.3 is 0 Å². The number of hydrogen-bond acceptors (Lipinski definition) is 4. The number of likely N-dealkylation sites (tertiary alicyclic amines) is 1. The second-order valence-electron chi connectivity index (χ2n) is 4.93. The van der Waals surface area contributed by atoms with Crippen LogP contribution in [-0.4, -0.2) is 33.6 Å². The molecule has 0 saturated carbocycles. The summed E-state index contributed by atoms with van der Waals surface area (Å²) in [7, 11) is 0. The average Bonchev–Trinajstić information content (AvgIpc) is 3.02. The molecule has 1 N–H and O–H groups in total. The van der Waals surface area contributed by atoms with Gasteiger partial charge in [0.05, 0.1) is 5.52 Å². The lowest BCUT2D eigenvalue weighted by molar-refractivity contribution is 0.241. The summed E-state index contributed by atoms with van der Waals surface area (Å²) in [6.07, 6.45) is 2.36. The summed E-state index contributed by atoms with van der Waals surface area (Å²) >= 11 is 6.81. The number of likely N-dealkylation sites (N-methyl/N-ethyl adjacent to an activating group) is 1. The Labute approximate surface area is 120 Å². The van der Waals surface area contributed by atoms with Gasteiger partial charge in [0, 0.05) is 12.6 Å². The van der Waals surface area contributed by atoms with Gasteiger partial charge in [0.2, 0.25) is 0 Å². The molecule has 2 aromatic rings. The minimum Gasteiger partial charge on any atom is -0.331 e. The molecule has 3 rings (SSSR count). The number of thiophene rings is 1. The summed E-state index contributed by atoms with van der Waals surface area (Å²) in [5.74, 6) is 0. The van der Waals surface area contributed by atoms with Crippen molar-refractivity contribution < 1.29 is 0 Å². The Balaban J connectivity index is 2.01. The zero-order valence-electron chi connectivity index (χ0n) is 10.9. The smallest absolute Gasteiger partial charge is 0.272 e. The van der Waals surface area contributed by atoms with Crippen molar-refractivity contribution in [2.75, 3.05) is 13.1 Å². The second kappa shape index (κ2) is 5.19. The van der Waals surface area contributed by atoms with Gasteiger partial charge in [-0.1, -0.05) is 6.92 Å². The first kappa shape index (κ1) is 13.0. The first-order valence-corrected chi connectivity index (χ1v) is 7.94. The van der Waals surface area contributed by atoms with Crippen LogP contribution in [0.25, 0.3) is 10.2 Å². The predicted molar refractivity (Wildman–Crippen MR) is 81.5 cm³/mol. The van der Waals surface area contributed by atoms with E-state index < -0.39 is 0 Å². The van der Waals surface area contributed by atoms with E-state index in [1.807, 2.05) is 11.4 Å². The number of aromatic nitrogens is 2. The number of aromatic amines is 1. The van der Waals surface area contributed by atoms with E-state index in [0.29, 0.717) is 17.4 Å². The molecule has 1 unspecified atom stereocenters. The Kier molecular flexibility index (Phi) is 3.56. The van der Waals surface area contributed by atoms with Crippen molar-refractivity contribution in [1.82, 2.24) is 14.5 Å². The minimum atomic E-state index is 0.0525.